The molecule has 6 nitrogen and oxygen atoms in total. The van der Waals surface area contributed by atoms with Crippen molar-refractivity contribution >= 4 is 11.8 Å². The lowest BCUT2D eigenvalue weighted by Crippen LogP contribution is -2.33. The molecule has 2 amide bonds. The van der Waals surface area contributed by atoms with Gasteiger partial charge in [0.2, 0.25) is 5.91 Å². The van der Waals surface area contributed by atoms with E-state index < -0.39 is 0 Å². The van der Waals surface area contributed by atoms with Crippen LogP contribution in [0.5, 0.6) is 0 Å². The molecule has 2 aromatic rings. The van der Waals surface area contributed by atoms with Crippen LogP contribution >= 0.6 is 0 Å². The van der Waals surface area contributed by atoms with Crippen molar-refractivity contribution in [1.29, 1.82) is 0 Å². The van der Waals surface area contributed by atoms with Gasteiger partial charge in [-0.2, -0.15) is 5.10 Å². The predicted octanol–water partition coefficient (Wildman–Crippen LogP) is 2.88. The molecule has 0 saturated carbocycles. The summed E-state index contributed by atoms with van der Waals surface area (Å²) in [4.78, 5) is 26.6. The second kappa shape index (κ2) is 8.33. The molecule has 2 heterocycles. The summed E-state index contributed by atoms with van der Waals surface area (Å²) in [7, 11) is 0. The van der Waals surface area contributed by atoms with Crippen LogP contribution in [0.1, 0.15) is 55.1 Å². The van der Waals surface area contributed by atoms with Gasteiger partial charge in [-0.3, -0.25) is 9.59 Å². The predicted molar refractivity (Wildman–Crippen MR) is 100 cm³/mol. The fourth-order valence-corrected chi connectivity index (χ4v) is 3.38. The average Bonchev–Trinajstić information content (AvgIpc) is 3.32. The first-order valence-electron chi connectivity index (χ1n) is 9.37. The van der Waals surface area contributed by atoms with Gasteiger partial charge in [0.25, 0.3) is 5.91 Å². The molecule has 1 fully saturated rings. The van der Waals surface area contributed by atoms with E-state index in [0.717, 1.165) is 31.6 Å². The van der Waals surface area contributed by atoms with E-state index in [1.54, 1.807) is 16.8 Å². The van der Waals surface area contributed by atoms with E-state index in [4.69, 9.17) is 0 Å². The number of carbonyl (C=O) groups is 2. The molecule has 1 aromatic carbocycles. The number of halogens is 1. The zero-order valence-electron chi connectivity index (χ0n) is 15.7. The minimum Gasteiger partial charge on any atom is -0.351 e. The van der Waals surface area contributed by atoms with Crippen LogP contribution in [0.4, 0.5) is 4.39 Å². The number of benzene rings is 1. The summed E-state index contributed by atoms with van der Waals surface area (Å²) < 4.78 is 14.8. The van der Waals surface area contributed by atoms with Gasteiger partial charge in [-0.15, -0.1) is 0 Å². The minimum absolute atomic E-state index is 0.0459. The van der Waals surface area contributed by atoms with Crippen LogP contribution in [0.3, 0.4) is 0 Å². The smallest absolute Gasteiger partial charge is 0.254 e. The molecule has 144 valence electrons. The molecule has 0 spiro atoms. The highest BCUT2D eigenvalue weighted by Gasteiger charge is 2.22. The molecule has 7 heteroatoms. The Morgan fingerprint density at radius 2 is 1.85 bits per heavy atom. The van der Waals surface area contributed by atoms with Gasteiger partial charge in [-0.1, -0.05) is 13.8 Å². The number of nitrogens with zero attached hydrogens (tertiary/aromatic N) is 3. The maximum absolute atomic E-state index is 13.2. The molecule has 0 radical (unpaired) electrons. The number of amides is 2. The van der Waals surface area contributed by atoms with Crippen molar-refractivity contribution in [2.75, 3.05) is 19.6 Å². The van der Waals surface area contributed by atoms with Gasteiger partial charge in [0, 0.05) is 26.1 Å². The van der Waals surface area contributed by atoms with Gasteiger partial charge in [-0.05, 0) is 43.0 Å². The summed E-state index contributed by atoms with van der Waals surface area (Å²) >= 11 is 0. The van der Waals surface area contributed by atoms with Crippen LogP contribution in [-0.4, -0.2) is 46.1 Å². The van der Waals surface area contributed by atoms with Gasteiger partial charge in [0.05, 0.1) is 23.1 Å². The van der Waals surface area contributed by atoms with E-state index in [-0.39, 0.29) is 23.5 Å². The van der Waals surface area contributed by atoms with Crippen molar-refractivity contribution in [3.8, 4) is 5.69 Å². The monoisotopic (exact) mass is 372 g/mol. The molecule has 0 aliphatic carbocycles. The standard InChI is InChI=1S/C20H25FN4O2/c1-14(2)19-17(13-23-25(19)16-7-5-15(21)6-8-16)20(27)22-10-9-18(26)24-11-3-4-12-24/h5-8,13-14H,3-4,9-12H2,1-2H3,(H,22,27). The van der Waals surface area contributed by atoms with Gasteiger partial charge in [0.1, 0.15) is 5.82 Å². The molecule has 3 rings (SSSR count). The molecule has 1 saturated heterocycles. The fourth-order valence-electron chi connectivity index (χ4n) is 3.38. The van der Waals surface area contributed by atoms with Crippen LogP contribution < -0.4 is 5.32 Å². The Bertz CT molecular complexity index is 808. The van der Waals surface area contributed by atoms with E-state index >= 15 is 0 Å². The highest BCUT2D eigenvalue weighted by atomic mass is 19.1. The van der Waals surface area contributed by atoms with Crippen LogP contribution in [0.2, 0.25) is 0 Å². The summed E-state index contributed by atoms with van der Waals surface area (Å²) in [6.07, 6.45) is 3.93. The van der Waals surface area contributed by atoms with Crippen LogP contribution in [0, 0.1) is 5.82 Å². The van der Waals surface area contributed by atoms with E-state index in [1.807, 2.05) is 18.7 Å². The first-order chi connectivity index (χ1) is 13.0. The van der Waals surface area contributed by atoms with Crippen molar-refractivity contribution in [3.63, 3.8) is 0 Å². The summed E-state index contributed by atoms with van der Waals surface area (Å²) in [5.74, 6) is -0.442. The Labute approximate surface area is 158 Å². The highest BCUT2D eigenvalue weighted by Crippen LogP contribution is 2.23. The van der Waals surface area contributed by atoms with Crippen LogP contribution in [0.25, 0.3) is 5.69 Å². The molecule has 0 unspecified atom stereocenters. The van der Waals surface area contributed by atoms with Crippen LogP contribution in [0.15, 0.2) is 30.5 Å². The zero-order chi connectivity index (χ0) is 19.4. The summed E-state index contributed by atoms with van der Waals surface area (Å²) in [5.41, 5.74) is 1.93. The Hall–Kier alpha value is -2.70. The van der Waals surface area contributed by atoms with Gasteiger partial charge < -0.3 is 10.2 Å². The summed E-state index contributed by atoms with van der Waals surface area (Å²) in [6.45, 7) is 5.88. The topological polar surface area (TPSA) is 67.2 Å². The molecule has 1 aliphatic rings. The van der Waals surface area contributed by atoms with Gasteiger partial charge in [0.15, 0.2) is 0 Å². The number of hydrogen-bond acceptors (Lipinski definition) is 3. The summed E-state index contributed by atoms with van der Waals surface area (Å²) in [5, 5.41) is 7.15. The Balaban J connectivity index is 1.69. The molecule has 0 atom stereocenters. The van der Waals surface area contributed by atoms with Crippen molar-refractivity contribution in [2.45, 2.75) is 39.0 Å². The quantitative estimate of drug-likeness (QED) is 0.848. The maximum Gasteiger partial charge on any atom is 0.254 e. The Morgan fingerprint density at radius 1 is 1.19 bits per heavy atom. The van der Waals surface area contributed by atoms with E-state index in [2.05, 4.69) is 10.4 Å². The van der Waals surface area contributed by atoms with Crippen molar-refractivity contribution in [3.05, 3.63) is 47.5 Å². The second-order valence-electron chi connectivity index (χ2n) is 7.08. The number of aromatic nitrogens is 2. The maximum atomic E-state index is 13.2. The third-order valence-corrected chi connectivity index (χ3v) is 4.75. The normalized spacial score (nSPS) is 14.0. The zero-order valence-corrected chi connectivity index (χ0v) is 15.7. The van der Waals surface area contributed by atoms with Gasteiger partial charge in [-0.25, -0.2) is 9.07 Å². The lowest BCUT2D eigenvalue weighted by atomic mass is 10.0. The van der Waals surface area contributed by atoms with Crippen LogP contribution in [-0.2, 0) is 4.79 Å². The largest absolute Gasteiger partial charge is 0.351 e. The lowest BCUT2D eigenvalue weighted by Gasteiger charge is -2.15. The van der Waals surface area contributed by atoms with E-state index in [1.165, 1.54) is 18.3 Å². The molecule has 1 N–H and O–H groups in total. The lowest BCUT2D eigenvalue weighted by molar-refractivity contribution is -0.129. The summed E-state index contributed by atoms with van der Waals surface area (Å²) in [6, 6.07) is 5.99. The molecule has 27 heavy (non-hydrogen) atoms. The number of nitrogens with one attached hydrogen (secondary N) is 1. The molecule has 1 aliphatic heterocycles. The Kier molecular flexibility index (Phi) is 5.88. The molecule has 1 aromatic heterocycles. The first kappa shape index (κ1) is 19.1. The highest BCUT2D eigenvalue weighted by molar-refractivity contribution is 5.95. The third kappa shape index (κ3) is 4.35. The Morgan fingerprint density at radius 3 is 2.48 bits per heavy atom. The minimum atomic E-state index is -0.322. The molecule has 0 bridgehead atoms. The first-order valence-corrected chi connectivity index (χ1v) is 9.37. The number of carbonyl (C=O) groups excluding carboxylic acids is 2. The van der Waals surface area contributed by atoms with E-state index in [0.29, 0.717) is 24.2 Å². The van der Waals surface area contributed by atoms with Crippen molar-refractivity contribution in [1.82, 2.24) is 20.0 Å². The van der Waals surface area contributed by atoms with Crippen molar-refractivity contribution < 1.29 is 14.0 Å². The SMILES string of the molecule is CC(C)c1c(C(=O)NCCC(=O)N2CCCC2)cnn1-c1ccc(F)cc1. The third-order valence-electron chi connectivity index (χ3n) is 4.75. The average molecular weight is 372 g/mol. The number of rotatable bonds is 6. The number of likely N-dealkylation sites (tertiary alicyclic amines) is 1. The van der Waals surface area contributed by atoms with Crippen molar-refractivity contribution in [2.24, 2.45) is 0 Å². The number of hydrogen-bond donors (Lipinski definition) is 1. The molecular weight excluding hydrogens is 347 g/mol. The van der Waals surface area contributed by atoms with E-state index in [9.17, 15) is 14.0 Å². The second-order valence-corrected chi connectivity index (χ2v) is 7.08. The molecular formula is C20H25FN4O2. The van der Waals surface area contributed by atoms with Gasteiger partial charge >= 0.3 is 0 Å². The fraction of sp³-hybridized carbons (Fsp3) is 0.450.